The SMILES string of the molecule is Cn1c(CO)cc(=O)[nH]c1=S. The summed E-state index contributed by atoms with van der Waals surface area (Å²) < 4.78 is 1.87. The molecule has 0 saturated carbocycles. The summed E-state index contributed by atoms with van der Waals surface area (Å²) >= 11 is 4.79. The quantitative estimate of drug-likeness (QED) is 0.583. The number of aromatic amines is 1. The molecule has 0 aliphatic heterocycles. The van der Waals surface area contributed by atoms with Crippen LogP contribution in [0.4, 0.5) is 0 Å². The van der Waals surface area contributed by atoms with Gasteiger partial charge in [-0.25, -0.2) is 0 Å². The van der Waals surface area contributed by atoms with E-state index in [9.17, 15) is 4.79 Å². The highest BCUT2D eigenvalue weighted by atomic mass is 32.1. The minimum Gasteiger partial charge on any atom is -0.390 e. The molecule has 1 rings (SSSR count). The van der Waals surface area contributed by atoms with Crippen molar-refractivity contribution in [3.05, 3.63) is 26.9 Å². The average molecular weight is 172 g/mol. The van der Waals surface area contributed by atoms with E-state index in [4.69, 9.17) is 17.3 Å². The Labute approximate surface area is 68.1 Å². The molecule has 0 spiro atoms. The third kappa shape index (κ3) is 1.55. The molecule has 0 atom stereocenters. The molecule has 0 aliphatic rings. The monoisotopic (exact) mass is 172 g/mol. The Kier molecular flexibility index (Phi) is 2.21. The van der Waals surface area contributed by atoms with E-state index in [0.29, 0.717) is 10.5 Å². The highest BCUT2D eigenvalue weighted by molar-refractivity contribution is 7.71. The summed E-state index contributed by atoms with van der Waals surface area (Å²) in [6.45, 7) is -0.177. The molecule has 1 aromatic heterocycles. The van der Waals surface area contributed by atoms with Gasteiger partial charge in [0, 0.05) is 13.1 Å². The lowest BCUT2D eigenvalue weighted by Crippen LogP contribution is -2.14. The molecule has 0 aliphatic carbocycles. The molecule has 11 heavy (non-hydrogen) atoms. The summed E-state index contributed by atoms with van der Waals surface area (Å²) in [5, 5.41) is 8.75. The maximum absolute atomic E-state index is 10.8. The Balaban J connectivity index is 3.49. The van der Waals surface area contributed by atoms with E-state index in [1.165, 1.54) is 6.07 Å². The van der Waals surface area contributed by atoms with E-state index in [1.54, 1.807) is 11.6 Å². The van der Waals surface area contributed by atoms with Crippen LogP contribution in [0.3, 0.4) is 0 Å². The summed E-state index contributed by atoms with van der Waals surface area (Å²) in [4.78, 5) is 13.2. The van der Waals surface area contributed by atoms with Gasteiger partial charge in [-0.1, -0.05) is 0 Å². The van der Waals surface area contributed by atoms with Crippen molar-refractivity contribution in [2.45, 2.75) is 6.61 Å². The van der Waals surface area contributed by atoms with Crippen LogP contribution in [0, 0.1) is 4.77 Å². The number of nitrogens with zero attached hydrogens (tertiary/aromatic N) is 1. The minimum atomic E-state index is -0.280. The number of rotatable bonds is 1. The van der Waals surface area contributed by atoms with Gasteiger partial charge < -0.3 is 9.67 Å². The first-order valence-electron chi connectivity index (χ1n) is 3.05. The number of aliphatic hydroxyl groups is 1. The van der Waals surface area contributed by atoms with Crippen LogP contribution in [0.15, 0.2) is 10.9 Å². The second-order valence-corrected chi connectivity index (χ2v) is 2.53. The third-order valence-corrected chi connectivity index (χ3v) is 1.80. The van der Waals surface area contributed by atoms with Crippen LogP contribution in [0.5, 0.6) is 0 Å². The van der Waals surface area contributed by atoms with Crippen LogP contribution in [0.25, 0.3) is 0 Å². The largest absolute Gasteiger partial charge is 0.390 e. The summed E-state index contributed by atoms with van der Waals surface area (Å²) in [7, 11) is 1.68. The average Bonchev–Trinajstić information content (AvgIpc) is 1.96. The van der Waals surface area contributed by atoms with Gasteiger partial charge in [0.05, 0.1) is 12.3 Å². The van der Waals surface area contributed by atoms with Gasteiger partial charge in [0.2, 0.25) is 0 Å². The Bertz CT molecular complexity index is 366. The molecule has 60 valence electrons. The Morgan fingerprint density at radius 1 is 1.82 bits per heavy atom. The fourth-order valence-electron chi connectivity index (χ4n) is 0.756. The normalized spacial score (nSPS) is 10.0. The Morgan fingerprint density at radius 2 is 2.45 bits per heavy atom. The summed E-state index contributed by atoms with van der Waals surface area (Å²) in [5.41, 5.74) is 0.232. The van der Waals surface area contributed by atoms with Gasteiger partial charge in [0.25, 0.3) is 5.56 Å². The fourth-order valence-corrected chi connectivity index (χ4v) is 0.973. The zero-order valence-corrected chi connectivity index (χ0v) is 6.81. The van der Waals surface area contributed by atoms with Gasteiger partial charge in [-0.05, 0) is 12.2 Å². The lowest BCUT2D eigenvalue weighted by Gasteiger charge is -2.03. The second kappa shape index (κ2) is 2.98. The van der Waals surface area contributed by atoms with E-state index in [-0.39, 0.29) is 12.2 Å². The highest BCUT2D eigenvalue weighted by Crippen LogP contribution is 1.92. The zero-order chi connectivity index (χ0) is 8.43. The Morgan fingerprint density at radius 3 is 3.00 bits per heavy atom. The predicted molar refractivity (Wildman–Crippen MR) is 42.8 cm³/mol. The molecule has 5 heteroatoms. The van der Waals surface area contributed by atoms with Crippen molar-refractivity contribution < 1.29 is 5.11 Å². The Hall–Kier alpha value is -0.940. The fraction of sp³-hybridized carbons (Fsp3) is 0.333. The van der Waals surface area contributed by atoms with E-state index < -0.39 is 0 Å². The first kappa shape index (κ1) is 8.16. The van der Waals surface area contributed by atoms with Crippen molar-refractivity contribution in [2.75, 3.05) is 0 Å². The summed E-state index contributed by atoms with van der Waals surface area (Å²) in [6.07, 6.45) is 0. The van der Waals surface area contributed by atoms with Gasteiger partial charge in [-0.15, -0.1) is 0 Å². The number of nitrogens with one attached hydrogen (secondary N) is 1. The molecule has 4 nitrogen and oxygen atoms in total. The molecule has 1 heterocycles. The van der Waals surface area contributed by atoms with Gasteiger partial charge >= 0.3 is 0 Å². The molecular weight excluding hydrogens is 164 g/mol. The number of hydrogen-bond donors (Lipinski definition) is 2. The van der Waals surface area contributed by atoms with E-state index in [1.807, 2.05) is 0 Å². The van der Waals surface area contributed by atoms with Crippen molar-refractivity contribution in [3.63, 3.8) is 0 Å². The third-order valence-electron chi connectivity index (χ3n) is 1.43. The number of aromatic nitrogens is 2. The molecule has 0 saturated heterocycles. The van der Waals surface area contributed by atoms with Crippen LogP contribution in [-0.2, 0) is 13.7 Å². The molecule has 0 bridgehead atoms. The standard InChI is InChI=1S/C6H8N2O2S/c1-8-4(3-9)2-5(10)7-6(8)11/h2,9H,3H2,1H3,(H,7,10,11). The molecule has 1 aromatic rings. The number of H-pyrrole nitrogens is 1. The van der Waals surface area contributed by atoms with Gasteiger partial charge in [-0.3, -0.25) is 9.78 Å². The lowest BCUT2D eigenvalue weighted by atomic mass is 10.4. The van der Waals surface area contributed by atoms with Gasteiger partial charge in [0.1, 0.15) is 0 Å². The van der Waals surface area contributed by atoms with E-state index in [2.05, 4.69) is 4.98 Å². The minimum absolute atomic E-state index is 0.177. The maximum atomic E-state index is 10.8. The lowest BCUT2D eigenvalue weighted by molar-refractivity contribution is 0.270. The number of hydrogen-bond acceptors (Lipinski definition) is 3. The highest BCUT2D eigenvalue weighted by Gasteiger charge is 1.96. The van der Waals surface area contributed by atoms with Crippen LogP contribution in [0.1, 0.15) is 5.69 Å². The van der Waals surface area contributed by atoms with Crippen LogP contribution >= 0.6 is 12.2 Å². The smallest absolute Gasteiger partial charge is 0.251 e. The molecule has 0 unspecified atom stereocenters. The molecular formula is C6H8N2O2S. The summed E-state index contributed by atoms with van der Waals surface area (Å²) in [6, 6.07) is 1.32. The topological polar surface area (TPSA) is 58.0 Å². The van der Waals surface area contributed by atoms with E-state index in [0.717, 1.165) is 0 Å². The molecule has 0 amide bonds. The predicted octanol–water partition coefficient (Wildman–Crippen LogP) is -0.0648. The van der Waals surface area contributed by atoms with Gasteiger partial charge in [0.15, 0.2) is 4.77 Å². The first-order valence-corrected chi connectivity index (χ1v) is 3.46. The second-order valence-electron chi connectivity index (χ2n) is 2.15. The van der Waals surface area contributed by atoms with Crippen LogP contribution in [0.2, 0.25) is 0 Å². The molecule has 0 aromatic carbocycles. The van der Waals surface area contributed by atoms with Crippen molar-refractivity contribution >= 4 is 12.2 Å². The van der Waals surface area contributed by atoms with Crippen molar-refractivity contribution in [3.8, 4) is 0 Å². The van der Waals surface area contributed by atoms with Crippen molar-refractivity contribution in [1.82, 2.24) is 9.55 Å². The summed E-state index contributed by atoms with van der Waals surface area (Å²) in [5.74, 6) is 0. The van der Waals surface area contributed by atoms with E-state index >= 15 is 0 Å². The zero-order valence-electron chi connectivity index (χ0n) is 6.00. The molecule has 0 fully saturated rings. The maximum Gasteiger partial charge on any atom is 0.251 e. The van der Waals surface area contributed by atoms with Crippen molar-refractivity contribution in [2.24, 2.45) is 7.05 Å². The molecule has 0 radical (unpaired) electrons. The van der Waals surface area contributed by atoms with Gasteiger partial charge in [-0.2, -0.15) is 0 Å². The molecule has 2 N–H and O–H groups in total. The first-order chi connectivity index (χ1) is 5.15. The van der Waals surface area contributed by atoms with Crippen LogP contribution in [-0.4, -0.2) is 14.7 Å². The van der Waals surface area contributed by atoms with Crippen molar-refractivity contribution in [1.29, 1.82) is 0 Å². The van der Waals surface area contributed by atoms with Crippen LogP contribution < -0.4 is 5.56 Å². The number of aliphatic hydroxyl groups excluding tert-OH is 1.